The van der Waals surface area contributed by atoms with E-state index in [-0.39, 0.29) is 0 Å². The SMILES string of the molecule is S=C(NCCCN1CCOCC1)NCCc1nc2ccccc2s1. The average molecular weight is 365 g/mol. The van der Waals surface area contributed by atoms with Gasteiger partial charge in [-0.15, -0.1) is 11.3 Å². The third-order valence-corrected chi connectivity index (χ3v) is 5.39. The molecule has 1 aliphatic rings. The molecule has 0 amide bonds. The lowest BCUT2D eigenvalue weighted by molar-refractivity contribution is 0.0376. The highest BCUT2D eigenvalue weighted by atomic mass is 32.1. The molecule has 2 aromatic rings. The van der Waals surface area contributed by atoms with Gasteiger partial charge in [0.1, 0.15) is 0 Å². The second kappa shape index (κ2) is 9.27. The summed E-state index contributed by atoms with van der Waals surface area (Å²) in [5, 5.41) is 8.43. The summed E-state index contributed by atoms with van der Waals surface area (Å²) in [6.07, 6.45) is 1.99. The molecule has 1 aromatic carbocycles. The van der Waals surface area contributed by atoms with E-state index < -0.39 is 0 Å². The minimum Gasteiger partial charge on any atom is -0.379 e. The molecule has 3 rings (SSSR count). The predicted octanol–water partition coefficient (Wildman–Crippen LogP) is 2.03. The monoisotopic (exact) mass is 364 g/mol. The van der Waals surface area contributed by atoms with E-state index in [1.54, 1.807) is 11.3 Å². The molecule has 2 N–H and O–H groups in total. The van der Waals surface area contributed by atoms with Gasteiger partial charge in [0.2, 0.25) is 0 Å². The molecule has 24 heavy (non-hydrogen) atoms. The third-order valence-electron chi connectivity index (χ3n) is 4.00. The minimum atomic E-state index is 0.734. The molecule has 1 saturated heterocycles. The summed E-state index contributed by atoms with van der Waals surface area (Å²) >= 11 is 7.09. The molecule has 7 heteroatoms. The number of thiocarbonyl (C=S) groups is 1. The highest BCUT2D eigenvalue weighted by Crippen LogP contribution is 2.21. The Hall–Kier alpha value is -1.28. The van der Waals surface area contributed by atoms with Gasteiger partial charge in [0.05, 0.1) is 28.4 Å². The average Bonchev–Trinajstić information content (AvgIpc) is 3.02. The lowest BCUT2D eigenvalue weighted by atomic mass is 10.3. The Labute approximate surface area is 152 Å². The van der Waals surface area contributed by atoms with Crippen LogP contribution in [0, 0.1) is 0 Å². The van der Waals surface area contributed by atoms with Crippen LogP contribution in [0.3, 0.4) is 0 Å². The lowest BCUT2D eigenvalue weighted by Crippen LogP contribution is -2.40. The Balaban J connectivity index is 1.28. The summed E-state index contributed by atoms with van der Waals surface area (Å²) in [7, 11) is 0. The summed E-state index contributed by atoms with van der Waals surface area (Å²) in [6.45, 7) is 6.64. The van der Waals surface area contributed by atoms with Crippen molar-refractivity contribution in [2.24, 2.45) is 0 Å². The number of hydrogen-bond acceptors (Lipinski definition) is 5. The van der Waals surface area contributed by atoms with E-state index in [2.05, 4.69) is 38.7 Å². The Bertz CT molecular complexity index is 622. The molecule has 5 nitrogen and oxygen atoms in total. The first-order chi connectivity index (χ1) is 11.8. The summed E-state index contributed by atoms with van der Waals surface area (Å²) < 4.78 is 6.60. The number of hydrogen-bond donors (Lipinski definition) is 2. The van der Waals surface area contributed by atoms with Crippen molar-refractivity contribution in [1.82, 2.24) is 20.5 Å². The molecule has 0 aliphatic carbocycles. The first-order valence-electron chi connectivity index (χ1n) is 8.47. The highest BCUT2D eigenvalue weighted by molar-refractivity contribution is 7.80. The fourth-order valence-electron chi connectivity index (χ4n) is 2.70. The first-order valence-corrected chi connectivity index (χ1v) is 9.70. The zero-order valence-corrected chi connectivity index (χ0v) is 15.4. The molecule has 1 aromatic heterocycles. The fourth-order valence-corrected chi connectivity index (χ4v) is 3.87. The van der Waals surface area contributed by atoms with Gasteiger partial charge in [0.15, 0.2) is 5.11 Å². The molecule has 1 aliphatic heterocycles. The second-order valence-electron chi connectivity index (χ2n) is 5.82. The Morgan fingerprint density at radius 3 is 2.83 bits per heavy atom. The molecule has 130 valence electrons. The van der Waals surface area contributed by atoms with Crippen molar-refractivity contribution in [3.8, 4) is 0 Å². The number of ether oxygens (including phenoxy) is 1. The van der Waals surface area contributed by atoms with E-state index in [1.807, 2.05) is 6.07 Å². The summed E-state index contributed by atoms with van der Waals surface area (Å²) in [6, 6.07) is 8.26. The van der Waals surface area contributed by atoms with Gasteiger partial charge in [-0.05, 0) is 37.3 Å². The highest BCUT2D eigenvalue weighted by Gasteiger charge is 2.09. The van der Waals surface area contributed by atoms with Crippen LogP contribution in [0.4, 0.5) is 0 Å². The summed E-state index contributed by atoms with van der Waals surface area (Å²) in [4.78, 5) is 7.08. The normalized spacial score (nSPS) is 15.5. The van der Waals surface area contributed by atoms with Gasteiger partial charge in [0.25, 0.3) is 0 Å². The van der Waals surface area contributed by atoms with Crippen LogP contribution in [0.25, 0.3) is 10.2 Å². The van der Waals surface area contributed by atoms with Crippen molar-refractivity contribution < 1.29 is 4.74 Å². The summed E-state index contributed by atoms with van der Waals surface area (Å²) in [5.41, 5.74) is 1.08. The van der Waals surface area contributed by atoms with Gasteiger partial charge in [0, 0.05) is 32.6 Å². The molecule has 1 fully saturated rings. The molecule has 0 atom stereocenters. The van der Waals surface area contributed by atoms with Crippen molar-refractivity contribution in [2.75, 3.05) is 45.9 Å². The number of morpholine rings is 1. The van der Waals surface area contributed by atoms with Gasteiger partial charge < -0.3 is 15.4 Å². The van der Waals surface area contributed by atoms with Crippen LogP contribution in [0.1, 0.15) is 11.4 Å². The molecule has 0 bridgehead atoms. The second-order valence-corrected chi connectivity index (χ2v) is 7.34. The van der Waals surface area contributed by atoms with E-state index >= 15 is 0 Å². The van der Waals surface area contributed by atoms with E-state index in [4.69, 9.17) is 17.0 Å². The van der Waals surface area contributed by atoms with Crippen LogP contribution in [0.5, 0.6) is 0 Å². The Morgan fingerprint density at radius 2 is 2.00 bits per heavy atom. The van der Waals surface area contributed by atoms with Gasteiger partial charge in [-0.25, -0.2) is 4.98 Å². The number of thiazole rings is 1. The van der Waals surface area contributed by atoms with E-state index in [9.17, 15) is 0 Å². The predicted molar refractivity (Wildman–Crippen MR) is 104 cm³/mol. The first kappa shape index (κ1) is 17.5. The molecule has 0 saturated carbocycles. The molecule has 2 heterocycles. The van der Waals surface area contributed by atoms with Crippen LogP contribution < -0.4 is 10.6 Å². The van der Waals surface area contributed by atoms with Crippen LogP contribution in [0.2, 0.25) is 0 Å². The number of para-hydroxylation sites is 1. The topological polar surface area (TPSA) is 49.4 Å². The Kier molecular flexibility index (Phi) is 6.77. The van der Waals surface area contributed by atoms with Crippen molar-refractivity contribution in [3.63, 3.8) is 0 Å². The van der Waals surface area contributed by atoms with Gasteiger partial charge in [-0.2, -0.15) is 0 Å². The number of fused-ring (bicyclic) bond motifs is 1. The largest absolute Gasteiger partial charge is 0.379 e. The molecular formula is C17H24N4OS2. The van der Waals surface area contributed by atoms with Crippen molar-refractivity contribution in [3.05, 3.63) is 29.3 Å². The van der Waals surface area contributed by atoms with E-state index in [1.165, 1.54) is 4.70 Å². The van der Waals surface area contributed by atoms with Crippen LogP contribution in [0.15, 0.2) is 24.3 Å². The smallest absolute Gasteiger partial charge is 0.166 e. The zero-order chi connectivity index (χ0) is 16.6. The number of rotatable bonds is 7. The maximum absolute atomic E-state index is 5.35. The molecule has 0 spiro atoms. The minimum absolute atomic E-state index is 0.734. The molecular weight excluding hydrogens is 340 g/mol. The van der Waals surface area contributed by atoms with Gasteiger partial charge >= 0.3 is 0 Å². The van der Waals surface area contributed by atoms with Crippen LogP contribution in [-0.4, -0.2) is 60.9 Å². The lowest BCUT2D eigenvalue weighted by Gasteiger charge is -2.26. The third kappa shape index (κ3) is 5.37. The number of aromatic nitrogens is 1. The van der Waals surface area contributed by atoms with E-state index in [0.717, 1.165) is 74.4 Å². The van der Waals surface area contributed by atoms with Crippen LogP contribution in [-0.2, 0) is 11.2 Å². The van der Waals surface area contributed by atoms with Crippen molar-refractivity contribution >= 4 is 38.9 Å². The zero-order valence-electron chi connectivity index (χ0n) is 13.8. The Morgan fingerprint density at radius 1 is 1.21 bits per heavy atom. The maximum atomic E-state index is 5.35. The quantitative estimate of drug-likeness (QED) is 0.579. The molecule has 0 unspecified atom stereocenters. The number of nitrogens with one attached hydrogen (secondary N) is 2. The van der Waals surface area contributed by atoms with Crippen molar-refractivity contribution in [2.45, 2.75) is 12.8 Å². The standard InChI is InChI=1S/C17H24N4OS2/c23-17(18-7-3-9-21-10-12-22-13-11-21)19-8-6-16-20-14-4-1-2-5-15(14)24-16/h1-2,4-5H,3,6-13H2,(H2,18,19,23). The van der Waals surface area contributed by atoms with Crippen LogP contribution >= 0.6 is 23.6 Å². The van der Waals surface area contributed by atoms with Gasteiger partial charge in [-0.3, -0.25) is 4.90 Å². The summed E-state index contributed by atoms with van der Waals surface area (Å²) in [5.74, 6) is 0. The fraction of sp³-hybridized carbons (Fsp3) is 0.529. The number of nitrogens with zero attached hydrogens (tertiary/aromatic N) is 2. The van der Waals surface area contributed by atoms with Gasteiger partial charge in [-0.1, -0.05) is 12.1 Å². The van der Waals surface area contributed by atoms with E-state index in [0.29, 0.717) is 0 Å². The molecule has 0 radical (unpaired) electrons. The maximum Gasteiger partial charge on any atom is 0.166 e. The number of benzene rings is 1. The van der Waals surface area contributed by atoms with Crippen molar-refractivity contribution in [1.29, 1.82) is 0 Å².